The van der Waals surface area contributed by atoms with E-state index in [2.05, 4.69) is 22.9 Å². The van der Waals surface area contributed by atoms with Gasteiger partial charge in [0.15, 0.2) is 0 Å². The predicted molar refractivity (Wildman–Crippen MR) is 119 cm³/mol. The maximum atomic E-state index is 12.5. The Bertz CT molecular complexity index is 742. The lowest BCUT2D eigenvalue weighted by atomic mass is 9.95. The van der Waals surface area contributed by atoms with Gasteiger partial charge in [-0.3, -0.25) is 19.8 Å². The first-order valence-corrected chi connectivity index (χ1v) is 11.0. The Morgan fingerprint density at radius 3 is 2.47 bits per heavy atom. The van der Waals surface area contributed by atoms with Crippen LogP contribution >= 0.6 is 0 Å². The second kappa shape index (κ2) is 11.7. The summed E-state index contributed by atoms with van der Waals surface area (Å²) in [7, 11) is 0. The summed E-state index contributed by atoms with van der Waals surface area (Å²) in [5, 5.41) is 8.19. The van der Waals surface area contributed by atoms with Gasteiger partial charge in [0.1, 0.15) is 0 Å². The number of carbonyl (C=O) groups excluding carboxylic acids is 3. The van der Waals surface area contributed by atoms with Crippen LogP contribution in [-0.2, 0) is 9.59 Å². The van der Waals surface area contributed by atoms with Crippen molar-refractivity contribution in [1.29, 1.82) is 0 Å². The van der Waals surface area contributed by atoms with E-state index in [1.165, 1.54) is 0 Å². The molecule has 1 heterocycles. The molecule has 4 amide bonds. The summed E-state index contributed by atoms with van der Waals surface area (Å²) >= 11 is 0. The Balaban J connectivity index is 1.76. The summed E-state index contributed by atoms with van der Waals surface area (Å²) in [6, 6.07) is 4.76. The number of nitrogens with one attached hydrogen (secondary N) is 3. The number of benzene rings is 1. The highest BCUT2D eigenvalue weighted by Crippen LogP contribution is 2.20. The van der Waals surface area contributed by atoms with Crippen molar-refractivity contribution in [2.45, 2.75) is 65.8 Å². The topological polar surface area (TPSA) is 90.5 Å². The van der Waals surface area contributed by atoms with Gasteiger partial charge >= 0.3 is 6.03 Å². The molecule has 0 saturated carbocycles. The molecule has 1 unspecified atom stereocenters. The molecule has 1 atom stereocenters. The minimum absolute atomic E-state index is 0.00551. The van der Waals surface area contributed by atoms with Crippen molar-refractivity contribution in [2.75, 3.05) is 25.0 Å². The molecule has 1 fully saturated rings. The number of nitrogens with zero attached hydrogens (tertiary/aromatic N) is 1. The van der Waals surface area contributed by atoms with E-state index in [4.69, 9.17) is 0 Å². The number of imide groups is 1. The molecule has 7 heteroatoms. The molecular weight excluding hydrogens is 380 g/mol. The van der Waals surface area contributed by atoms with Crippen LogP contribution in [0.1, 0.15) is 57.1 Å². The van der Waals surface area contributed by atoms with Gasteiger partial charge in [-0.1, -0.05) is 37.5 Å². The summed E-state index contributed by atoms with van der Waals surface area (Å²) in [4.78, 5) is 39.0. The molecule has 3 N–H and O–H groups in total. The van der Waals surface area contributed by atoms with Crippen molar-refractivity contribution in [1.82, 2.24) is 15.5 Å². The first kappa shape index (κ1) is 23.9. The van der Waals surface area contributed by atoms with E-state index < -0.39 is 12.1 Å². The van der Waals surface area contributed by atoms with Crippen molar-refractivity contribution >= 4 is 23.5 Å². The molecule has 0 aliphatic carbocycles. The monoisotopic (exact) mass is 416 g/mol. The van der Waals surface area contributed by atoms with Crippen LogP contribution in [-0.4, -0.2) is 48.4 Å². The zero-order valence-corrected chi connectivity index (χ0v) is 18.7. The van der Waals surface area contributed by atoms with Crippen LogP contribution in [0.2, 0.25) is 0 Å². The fourth-order valence-corrected chi connectivity index (χ4v) is 3.77. The van der Waals surface area contributed by atoms with Crippen LogP contribution < -0.4 is 16.0 Å². The number of rotatable bonds is 8. The first-order chi connectivity index (χ1) is 14.3. The third-order valence-electron chi connectivity index (χ3n) is 5.77. The minimum atomic E-state index is -0.528. The van der Waals surface area contributed by atoms with Crippen LogP contribution in [0.25, 0.3) is 0 Å². The predicted octanol–water partition coefficient (Wildman–Crippen LogP) is 3.36. The Morgan fingerprint density at radius 2 is 1.83 bits per heavy atom. The second-order valence-electron chi connectivity index (χ2n) is 8.25. The molecule has 1 aliphatic heterocycles. The van der Waals surface area contributed by atoms with Crippen LogP contribution in [0, 0.1) is 19.8 Å². The van der Waals surface area contributed by atoms with Crippen LogP contribution in [0.15, 0.2) is 18.2 Å². The summed E-state index contributed by atoms with van der Waals surface area (Å²) in [6.45, 7) is 9.91. The number of anilines is 1. The maximum Gasteiger partial charge on any atom is 0.325 e. The largest absolute Gasteiger partial charge is 0.356 e. The standard InChI is InChI=1S/C23H36N4O3/c1-5-6-7-12-24-22(29)19-10-13-27(14-11-19)18(4)21(28)26-23(30)25-20-9-8-16(2)15-17(20)3/h8-9,15,18-19H,5-7,10-14H2,1-4H3,(H,24,29)(H2,25,26,28,30). The fraction of sp³-hybridized carbons (Fsp3) is 0.609. The molecule has 1 aromatic rings. The second-order valence-corrected chi connectivity index (χ2v) is 8.25. The zero-order chi connectivity index (χ0) is 22.1. The summed E-state index contributed by atoms with van der Waals surface area (Å²) in [6.07, 6.45) is 4.74. The van der Waals surface area contributed by atoms with Gasteiger partial charge in [0.2, 0.25) is 11.8 Å². The molecule has 7 nitrogen and oxygen atoms in total. The quantitative estimate of drug-likeness (QED) is 0.567. The normalized spacial score (nSPS) is 16.0. The van der Waals surface area contributed by atoms with E-state index in [0.29, 0.717) is 18.8 Å². The van der Waals surface area contributed by atoms with Gasteiger partial charge in [0, 0.05) is 18.2 Å². The zero-order valence-electron chi connectivity index (χ0n) is 18.7. The van der Waals surface area contributed by atoms with Crippen LogP contribution in [0.3, 0.4) is 0 Å². The van der Waals surface area contributed by atoms with Crippen molar-refractivity contribution in [3.63, 3.8) is 0 Å². The molecule has 0 aromatic heterocycles. The van der Waals surface area contributed by atoms with E-state index in [0.717, 1.165) is 49.8 Å². The summed E-state index contributed by atoms with van der Waals surface area (Å²) in [5.74, 6) is -0.207. The number of likely N-dealkylation sites (tertiary alicyclic amines) is 1. The molecule has 1 saturated heterocycles. The lowest BCUT2D eigenvalue weighted by molar-refractivity contribution is -0.128. The molecule has 166 valence electrons. The average molecular weight is 417 g/mol. The summed E-state index contributed by atoms with van der Waals surface area (Å²) in [5.41, 5.74) is 2.74. The van der Waals surface area contributed by atoms with Gasteiger partial charge in [-0.2, -0.15) is 0 Å². The highest BCUT2D eigenvalue weighted by Gasteiger charge is 2.30. The molecule has 2 rings (SSSR count). The van der Waals surface area contributed by atoms with Crippen LogP contribution in [0.5, 0.6) is 0 Å². The molecule has 30 heavy (non-hydrogen) atoms. The number of hydrogen-bond donors (Lipinski definition) is 3. The van der Waals surface area contributed by atoms with E-state index in [-0.39, 0.29) is 17.7 Å². The molecular formula is C23H36N4O3. The Hall–Kier alpha value is -2.41. The third kappa shape index (κ3) is 7.13. The molecule has 1 aromatic carbocycles. The smallest absolute Gasteiger partial charge is 0.325 e. The van der Waals surface area contributed by atoms with E-state index >= 15 is 0 Å². The number of unbranched alkanes of at least 4 members (excludes halogenated alkanes) is 2. The van der Waals surface area contributed by atoms with Crippen molar-refractivity contribution in [2.24, 2.45) is 5.92 Å². The van der Waals surface area contributed by atoms with Crippen LogP contribution in [0.4, 0.5) is 10.5 Å². The Morgan fingerprint density at radius 1 is 1.13 bits per heavy atom. The number of aryl methyl sites for hydroxylation is 2. The third-order valence-corrected chi connectivity index (χ3v) is 5.77. The lowest BCUT2D eigenvalue weighted by Gasteiger charge is -2.34. The van der Waals surface area contributed by atoms with E-state index in [1.54, 1.807) is 6.92 Å². The van der Waals surface area contributed by atoms with Gasteiger partial charge in [0.25, 0.3) is 0 Å². The molecule has 0 bridgehead atoms. The Labute approximate surface area is 180 Å². The first-order valence-electron chi connectivity index (χ1n) is 11.0. The molecule has 1 aliphatic rings. The molecule has 0 spiro atoms. The van der Waals surface area contributed by atoms with Gasteiger partial charge in [0.05, 0.1) is 6.04 Å². The minimum Gasteiger partial charge on any atom is -0.356 e. The highest BCUT2D eigenvalue weighted by molar-refractivity contribution is 6.03. The van der Waals surface area contributed by atoms with Gasteiger partial charge < -0.3 is 10.6 Å². The number of carbonyl (C=O) groups is 3. The van der Waals surface area contributed by atoms with Crippen molar-refractivity contribution in [3.05, 3.63) is 29.3 Å². The number of urea groups is 1. The number of amides is 4. The Kier molecular flexibility index (Phi) is 9.30. The van der Waals surface area contributed by atoms with Gasteiger partial charge in [-0.15, -0.1) is 0 Å². The average Bonchev–Trinajstić information content (AvgIpc) is 2.72. The van der Waals surface area contributed by atoms with Crippen molar-refractivity contribution in [3.8, 4) is 0 Å². The maximum absolute atomic E-state index is 12.5. The SMILES string of the molecule is CCCCCNC(=O)C1CCN(C(C)C(=O)NC(=O)Nc2ccc(C)cc2C)CC1. The number of piperidine rings is 1. The lowest BCUT2D eigenvalue weighted by Crippen LogP contribution is -2.51. The summed E-state index contributed by atoms with van der Waals surface area (Å²) < 4.78 is 0. The molecule has 0 radical (unpaired) electrons. The number of hydrogen-bond acceptors (Lipinski definition) is 4. The fourth-order valence-electron chi connectivity index (χ4n) is 3.77. The van der Waals surface area contributed by atoms with Crippen molar-refractivity contribution < 1.29 is 14.4 Å². The van der Waals surface area contributed by atoms with Gasteiger partial charge in [-0.05, 0) is 64.8 Å². The van der Waals surface area contributed by atoms with E-state index in [1.807, 2.05) is 36.9 Å². The van der Waals surface area contributed by atoms with E-state index in [9.17, 15) is 14.4 Å². The highest BCUT2D eigenvalue weighted by atomic mass is 16.2. The van der Waals surface area contributed by atoms with Gasteiger partial charge in [-0.25, -0.2) is 4.79 Å².